The quantitative estimate of drug-likeness (QED) is 0.647. The Labute approximate surface area is 144 Å². The Hall–Kier alpha value is -2.26. The molecule has 24 heavy (non-hydrogen) atoms. The van der Waals surface area contributed by atoms with Crippen LogP contribution in [0.2, 0.25) is 0 Å². The molecule has 0 radical (unpaired) electrons. The van der Waals surface area contributed by atoms with E-state index in [0.29, 0.717) is 12.6 Å². The number of benzene rings is 2. The van der Waals surface area contributed by atoms with E-state index in [2.05, 4.69) is 85.2 Å². The minimum absolute atomic E-state index is 0.363. The summed E-state index contributed by atoms with van der Waals surface area (Å²) in [5.41, 5.74) is 3.69. The van der Waals surface area contributed by atoms with Crippen molar-refractivity contribution in [3.8, 4) is 16.9 Å². The summed E-state index contributed by atoms with van der Waals surface area (Å²) in [6.45, 7) is 5.95. The first-order valence-corrected chi connectivity index (χ1v) is 8.58. The summed E-state index contributed by atoms with van der Waals surface area (Å²) in [5.74, 6) is 0.961. The van der Waals surface area contributed by atoms with Gasteiger partial charge >= 0.3 is 0 Å². The molecule has 0 aliphatic heterocycles. The van der Waals surface area contributed by atoms with Crippen LogP contribution in [0.1, 0.15) is 19.9 Å². The average Bonchev–Trinajstić information content (AvgIpc) is 2.96. The standard InChI is InChI=1S/C21H26N2O/c1-5-24-20-13-9-12-18-19(17-10-7-6-8-11-17)15-23(21(18)20)16(2)14-22(3)4/h6-13,15-16H,5,14H2,1-4H3. The van der Waals surface area contributed by atoms with Crippen LogP contribution in [-0.4, -0.2) is 36.7 Å². The fraction of sp³-hybridized carbons (Fsp3) is 0.333. The summed E-state index contributed by atoms with van der Waals surface area (Å²) in [6, 6.07) is 17.3. The van der Waals surface area contributed by atoms with Crippen molar-refractivity contribution in [3.63, 3.8) is 0 Å². The molecule has 1 aromatic heterocycles. The number of likely N-dealkylation sites (N-methyl/N-ethyl adjacent to an activating group) is 1. The highest BCUT2D eigenvalue weighted by molar-refractivity contribution is 5.99. The summed E-state index contributed by atoms with van der Waals surface area (Å²) in [6.07, 6.45) is 2.27. The third kappa shape index (κ3) is 3.17. The van der Waals surface area contributed by atoms with Crippen molar-refractivity contribution in [3.05, 3.63) is 54.7 Å². The van der Waals surface area contributed by atoms with Crippen molar-refractivity contribution in [2.24, 2.45) is 0 Å². The van der Waals surface area contributed by atoms with E-state index in [-0.39, 0.29) is 0 Å². The molecule has 1 atom stereocenters. The van der Waals surface area contributed by atoms with Crippen molar-refractivity contribution in [1.29, 1.82) is 0 Å². The topological polar surface area (TPSA) is 17.4 Å². The lowest BCUT2D eigenvalue weighted by molar-refractivity contribution is 0.330. The molecule has 0 saturated heterocycles. The van der Waals surface area contributed by atoms with Crippen LogP contribution < -0.4 is 4.74 Å². The number of hydrogen-bond donors (Lipinski definition) is 0. The smallest absolute Gasteiger partial charge is 0.143 e. The monoisotopic (exact) mass is 322 g/mol. The summed E-state index contributed by atoms with van der Waals surface area (Å²) in [7, 11) is 4.23. The van der Waals surface area contributed by atoms with Gasteiger partial charge in [-0.15, -0.1) is 0 Å². The van der Waals surface area contributed by atoms with Gasteiger partial charge in [-0.3, -0.25) is 0 Å². The van der Waals surface area contributed by atoms with E-state index < -0.39 is 0 Å². The summed E-state index contributed by atoms with van der Waals surface area (Å²) < 4.78 is 8.29. The van der Waals surface area contributed by atoms with Gasteiger partial charge in [0.05, 0.1) is 12.1 Å². The maximum Gasteiger partial charge on any atom is 0.143 e. The number of hydrogen-bond acceptors (Lipinski definition) is 2. The largest absolute Gasteiger partial charge is 0.492 e. The molecule has 3 heteroatoms. The predicted molar refractivity (Wildman–Crippen MR) is 102 cm³/mol. The third-order valence-corrected chi connectivity index (χ3v) is 4.30. The second kappa shape index (κ2) is 7.10. The molecule has 3 nitrogen and oxygen atoms in total. The van der Waals surface area contributed by atoms with E-state index in [4.69, 9.17) is 4.74 Å². The molecule has 0 aliphatic carbocycles. The zero-order valence-corrected chi connectivity index (χ0v) is 15.0. The van der Waals surface area contributed by atoms with Crippen LogP contribution >= 0.6 is 0 Å². The lowest BCUT2D eigenvalue weighted by Gasteiger charge is -2.20. The molecular weight excluding hydrogens is 296 g/mol. The Morgan fingerprint density at radius 3 is 2.46 bits per heavy atom. The Morgan fingerprint density at radius 2 is 1.79 bits per heavy atom. The minimum Gasteiger partial charge on any atom is -0.492 e. The van der Waals surface area contributed by atoms with E-state index in [0.717, 1.165) is 12.3 Å². The summed E-state index contributed by atoms with van der Waals surface area (Å²) >= 11 is 0. The Kier molecular flexibility index (Phi) is 4.91. The first kappa shape index (κ1) is 16.6. The molecule has 0 saturated carbocycles. The van der Waals surface area contributed by atoms with Crippen molar-refractivity contribution in [2.75, 3.05) is 27.2 Å². The number of para-hydroxylation sites is 1. The van der Waals surface area contributed by atoms with E-state index in [1.165, 1.54) is 22.0 Å². The molecule has 0 N–H and O–H groups in total. The number of fused-ring (bicyclic) bond motifs is 1. The molecule has 2 aromatic carbocycles. The Morgan fingerprint density at radius 1 is 1.04 bits per heavy atom. The number of nitrogens with zero attached hydrogens (tertiary/aromatic N) is 2. The van der Waals surface area contributed by atoms with Crippen molar-refractivity contribution >= 4 is 10.9 Å². The molecule has 3 aromatic rings. The summed E-state index contributed by atoms with van der Waals surface area (Å²) in [4.78, 5) is 2.22. The fourth-order valence-corrected chi connectivity index (χ4v) is 3.36. The molecule has 0 fully saturated rings. The minimum atomic E-state index is 0.363. The lowest BCUT2D eigenvalue weighted by atomic mass is 10.0. The van der Waals surface area contributed by atoms with Gasteiger partial charge in [-0.1, -0.05) is 42.5 Å². The van der Waals surface area contributed by atoms with Crippen molar-refractivity contribution in [1.82, 2.24) is 9.47 Å². The van der Waals surface area contributed by atoms with Crippen LogP contribution in [0.4, 0.5) is 0 Å². The van der Waals surface area contributed by atoms with Crippen molar-refractivity contribution < 1.29 is 4.74 Å². The van der Waals surface area contributed by atoms with E-state index >= 15 is 0 Å². The molecular formula is C21H26N2O. The van der Waals surface area contributed by atoms with Gasteiger partial charge in [0.15, 0.2) is 0 Å². The van der Waals surface area contributed by atoms with Crippen LogP contribution in [0, 0.1) is 0 Å². The molecule has 3 rings (SSSR count). The predicted octanol–water partition coefficient (Wildman–Crippen LogP) is 4.83. The molecule has 1 unspecified atom stereocenters. The van der Waals surface area contributed by atoms with Gasteiger partial charge in [0, 0.05) is 29.7 Å². The zero-order valence-electron chi connectivity index (χ0n) is 15.0. The molecule has 1 heterocycles. The number of rotatable bonds is 6. The third-order valence-electron chi connectivity index (χ3n) is 4.30. The second-order valence-electron chi connectivity index (χ2n) is 6.51. The SMILES string of the molecule is CCOc1cccc2c(-c3ccccc3)cn(C(C)CN(C)C)c12. The first-order chi connectivity index (χ1) is 11.6. The van der Waals surface area contributed by atoms with Gasteiger partial charge in [-0.2, -0.15) is 0 Å². The van der Waals surface area contributed by atoms with Gasteiger partial charge < -0.3 is 14.2 Å². The normalized spacial score (nSPS) is 12.7. The summed E-state index contributed by atoms with van der Waals surface area (Å²) in [5, 5.41) is 1.25. The van der Waals surface area contributed by atoms with Gasteiger partial charge in [0.25, 0.3) is 0 Å². The van der Waals surface area contributed by atoms with E-state index in [9.17, 15) is 0 Å². The highest BCUT2D eigenvalue weighted by Crippen LogP contribution is 2.37. The maximum absolute atomic E-state index is 5.93. The van der Waals surface area contributed by atoms with Crippen LogP contribution in [0.5, 0.6) is 5.75 Å². The van der Waals surface area contributed by atoms with Gasteiger partial charge in [-0.05, 0) is 39.6 Å². The molecule has 0 spiro atoms. The highest BCUT2D eigenvalue weighted by Gasteiger charge is 2.18. The average molecular weight is 322 g/mol. The molecule has 126 valence electrons. The molecule has 0 bridgehead atoms. The van der Waals surface area contributed by atoms with Crippen LogP contribution in [0.3, 0.4) is 0 Å². The van der Waals surface area contributed by atoms with Crippen LogP contribution in [0.25, 0.3) is 22.0 Å². The number of ether oxygens (including phenoxy) is 1. The first-order valence-electron chi connectivity index (χ1n) is 8.58. The fourth-order valence-electron chi connectivity index (χ4n) is 3.36. The Bertz CT molecular complexity index is 805. The second-order valence-corrected chi connectivity index (χ2v) is 6.51. The highest BCUT2D eigenvalue weighted by atomic mass is 16.5. The van der Waals surface area contributed by atoms with Gasteiger partial charge in [0.2, 0.25) is 0 Å². The zero-order chi connectivity index (χ0) is 17.1. The van der Waals surface area contributed by atoms with E-state index in [1.807, 2.05) is 6.92 Å². The van der Waals surface area contributed by atoms with Gasteiger partial charge in [0.1, 0.15) is 5.75 Å². The maximum atomic E-state index is 5.93. The van der Waals surface area contributed by atoms with Crippen LogP contribution in [-0.2, 0) is 0 Å². The number of aromatic nitrogens is 1. The Balaban J connectivity index is 2.22. The van der Waals surface area contributed by atoms with Gasteiger partial charge in [-0.25, -0.2) is 0 Å². The molecule has 0 aliphatic rings. The van der Waals surface area contributed by atoms with Crippen LogP contribution in [0.15, 0.2) is 54.7 Å². The lowest BCUT2D eigenvalue weighted by Crippen LogP contribution is -2.22. The van der Waals surface area contributed by atoms with Crippen molar-refractivity contribution in [2.45, 2.75) is 19.9 Å². The van der Waals surface area contributed by atoms with E-state index in [1.54, 1.807) is 0 Å². The molecule has 0 amide bonds.